The van der Waals surface area contributed by atoms with E-state index in [0.717, 1.165) is 23.3 Å². The number of benzene rings is 1. The Labute approximate surface area is 130 Å². The maximum absolute atomic E-state index is 12.2. The number of hydrogen-bond donors (Lipinski definition) is 2. The Bertz CT molecular complexity index is 559. The fourth-order valence-corrected chi connectivity index (χ4v) is 2.54. The van der Waals surface area contributed by atoms with Gasteiger partial charge in [-0.1, -0.05) is 25.1 Å². The number of nitrogens with zero attached hydrogens (tertiary/aromatic N) is 1. The van der Waals surface area contributed by atoms with Crippen LogP contribution in [0.25, 0.3) is 0 Å². The van der Waals surface area contributed by atoms with Gasteiger partial charge in [0, 0.05) is 25.6 Å². The summed E-state index contributed by atoms with van der Waals surface area (Å²) in [5.41, 5.74) is 2.13. The number of fused-ring (bicyclic) bond motifs is 1. The highest BCUT2D eigenvalue weighted by Gasteiger charge is 2.25. The normalized spacial score (nSPS) is 16.4. The van der Waals surface area contributed by atoms with Gasteiger partial charge in [0.1, 0.15) is 5.75 Å². The van der Waals surface area contributed by atoms with Crippen LogP contribution in [0.5, 0.6) is 5.75 Å². The molecule has 1 aromatic carbocycles. The fourth-order valence-electron chi connectivity index (χ4n) is 2.54. The van der Waals surface area contributed by atoms with Crippen molar-refractivity contribution in [3.8, 4) is 5.75 Å². The molecule has 1 atom stereocenters. The van der Waals surface area contributed by atoms with E-state index in [4.69, 9.17) is 9.84 Å². The highest BCUT2D eigenvalue weighted by Crippen LogP contribution is 2.35. The lowest BCUT2D eigenvalue weighted by molar-refractivity contribution is -0.137. The van der Waals surface area contributed by atoms with Gasteiger partial charge in [-0.15, -0.1) is 0 Å². The van der Waals surface area contributed by atoms with Crippen LogP contribution in [0, 0.1) is 0 Å². The van der Waals surface area contributed by atoms with Crippen LogP contribution in [-0.2, 0) is 11.2 Å². The summed E-state index contributed by atoms with van der Waals surface area (Å²) in [6, 6.07) is 5.60. The summed E-state index contributed by atoms with van der Waals surface area (Å²) in [6.45, 7) is 2.82. The standard InChI is InChI=1S/C16H22N2O4/c1-3-11-5-4-6-12-13(8-10-22-15(11)12)17-16(21)18(2)9-7-14(19)20/h4-6,13H,3,7-10H2,1-2H3,(H,17,21)(H,19,20). The van der Waals surface area contributed by atoms with Gasteiger partial charge in [-0.2, -0.15) is 0 Å². The van der Waals surface area contributed by atoms with E-state index in [2.05, 4.69) is 12.2 Å². The molecule has 6 nitrogen and oxygen atoms in total. The van der Waals surface area contributed by atoms with Gasteiger partial charge in [0.25, 0.3) is 0 Å². The molecule has 0 aromatic heterocycles. The van der Waals surface area contributed by atoms with Crippen molar-refractivity contribution in [1.82, 2.24) is 10.2 Å². The minimum atomic E-state index is -0.913. The molecular formula is C16H22N2O4. The van der Waals surface area contributed by atoms with E-state index in [1.165, 1.54) is 4.90 Å². The minimum absolute atomic E-state index is 0.0612. The number of aryl methyl sites for hydroxylation is 1. The third-order valence-corrected chi connectivity index (χ3v) is 3.84. The molecular weight excluding hydrogens is 284 g/mol. The van der Waals surface area contributed by atoms with Crippen molar-refractivity contribution in [2.45, 2.75) is 32.2 Å². The Morgan fingerprint density at radius 2 is 2.23 bits per heavy atom. The number of nitrogens with one attached hydrogen (secondary N) is 1. The Morgan fingerprint density at radius 3 is 2.91 bits per heavy atom. The lowest BCUT2D eigenvalue weighted by Gasteiger charge is -2.29. The number of rotatable bonds is 5. The molecule has 2 N–H and O–H groups in total. The first-order valence-electron chi connectivity index (χ1n) is 7.51. The number of carbonyl (C=O) groups is 2. The minimum Gasteiger partial charge on any atom is -0.493 e. The van der Waals surface area contributed by atoms with Crippen molar-refractivity contribution >= 4 is 12.0 Å². The van der Waals surface area contributed by atoms with Crippen molar-refractivity contribution in [3.63, 3.8) is 0 Å². The molecule has 0 saturated carbocycles. The number of urea groups is 1. The highest BCUT2D eigenvalue weighted by molar-refractivity contribution is 5.75. The third-order valence-electron chi connectivity index (χ3n) is 3.84. The van der Waals surface area contributed by atoms with Crippen molar-refractivity contribution in [2.75, 3.05) is 20.2 Å². The SMILES string of the molecule is CCc1cccc2c1OCCC2NC(=O)N(C)CCC(=O)O. The lowest BCUT2D eigenvalue weighted by Crippen LogP contribution is -2.41. The fraction of sp³-hybridized carbons (Fsp3) is 0.500. The topological polar surface area (TPSA) is 78.9 Å². The quantitative estimate of drug-likeness (QED) is 0.874. The molecule has 0 spiro atoms. The maximum Gasteiger partial charge on any atom is 0.317 e. The van der Waals surface area contributed by atoms with Gasteiger partial charge in [-0.05, 0) is 12.0 Å². The maximum atomic E-state index is 12.2. The van der Waals surface area contributed by atoms with Gasteiger partial charge in [-0.25, -0.2) is 4.79 Å². The number of amides is 2. The van der Waals surface area contributed by atoms with Gasteiger partial charge < -0.3 is 20.1 Å². The van der Waals surface area contributed by atoms with E-state index < -0.39 is 5.97 Å². The molecule has 0 fully saturated rings. The Kier molecular flexibility index (Phi) is 5.25. The van der Waals surface area contributed by atoms with Crippen molar-refractivity contribution in [2.24, 2.45) is 0 Å². The molecule has 6 heteroatoms. The van der Waals surface area contributed by atoms with Gasteiger partial charge >= 0.3 is 12.0 Å². The summed E-state index contributed by atoms with van der Waals surface area (Å²) >= 11 is 0. The number of para-hydroxylation sites is 1. The molecule has 1 heterocycles. The lowest BCUT2D eigenvalue weighted by atomic mass is 9.97. The van der Waals surface area contributed by atoms with Gasteiger partial charge in [0.05, 0.1) is 19.1 Å². The van der Waals surface area contributed by atoms with E-state index in [1.807, 2.05) is 18.2 Å². The number of carbonyl (C=O) groups excluding carboxylic acids is 1. The number of carboxylic acid groups (broad SMARTS) is 1. The number of carboxylic acids is 1. The van der Waals surface area contributed by atoms with E-state index in [0.29, 0.717) is 13.0 Å². The van der Waals surface area contributed by atoms with Crippen LogP contribution in [-0.4, -0.2) is 42.2 Å². The summed E-state index contributed by atoms with van der Waals surface area (Å²) < 4.78 is 5.75. The molecule has 2 amide bonds. The first-order valence-corrected chi connectivity index (χ1v) is 7.51. The molecule has 0 aliphatic carbocycles. The van der Waals surface area contributed by atoms with Crippen LogP contribution in [0.3, 0.4) is 0 Å². The molecule has 1 aliphatic heterocycles. The van der Waals surface area contributed by atoms with Crippen LogP contribution in [0.4, 0.5) is 4.79 Å². The first kappa shape index (κ1) is 16.1. The number of hydrogen-bond acceptors (Lipinski definition) is 3. The number of ether oxygens (including phenoxy) is 1. The molecule has 0 bridgehead atoms. The van der Waals surface area contributed by atoms with Crippen LogP contribution in [0.15, 0.2) is 18.2 Å². The summed E-state index contributed by atoms with van der Waals surface area (Å²) in [7, 11) is 1.60. The zero-order chi connectivity index (χ0) is 16.1. The van der Waals surface area contributed by atoms with Crippen LogP contribution >= 0.6 is 0 Å². The Morgan fingerprint density at radius 1 is 1.45 bits per heavy atom. The summed E-state index contributed by atoms with van der Waals surface area (Å²) in [4.78, 5) is 24.1. The molecule has 1 aromatic rings. The van der Waals surface area contributed by atoms with Gasteiger partial charge in [0.2, 0.25) is 0 Å². The zero-order valence-corrected chi connectivity index (χ0v) is 13.0. The van der Waals surface area contributed by atoms with E-state index in [1.54, 1.807) is 7.05 Å². The predicted octanol–water partition coefficient (Wildman–Crippen LogP) is 2.19. The van der Waals surface area contributed by atoms with Crippen molar-refractivity contribution < 1.29 is 19.4 Å². The average Bonchev–Trinajstić information content (AvgIpc) is 2.52. The Hall–Kier alpha value is -2.24. The van der Waals surface area contributed by atoms with Crippen molar-refractivity contribution in [3.05, 3.63) is 29.3 Å². The molecule has 1 unspecified atom stereocenters. The van der Waals surface area contributed by atoms with Crippen molar-refractivity contribution in [1.29, 1.82) is 0 Å². The molecule has 120 valence electrons. The predicted molar refractivity (Wildman–Crippen MR) is 82.1 cm³/mol. The van der Waals surface area contributed by atoms with E-state index in [-0.39, 0.29) is 25.0 Å². The first-order chi connectivity index (χ1) is 10.5. The van der Waals surface area contributed by atoms with Gasteiger partial charge in [-0.3, -0.25) is 4.79 Å². The smallest absolute Gasteiger partial charge is 0.317 e. The second kappa shape index (κ2) is 7.15. The molecule has 2 rings (SSSR count). The second-order valence-electron chi connectivity index (χ2n) is 5.39. The monoisotopic (exact) mass is 306 g/mol. The van der Waals surface area contributed by atoms with Crippen LogP contribution in [0.1, 0.15) is 36.9 Å². The van der Waals surface area contributed by atoms with E-state index >= 15 is 0 Å². The summed E-state index contributed by atoms with van der Waals surface area (Å²) in [5, 5.41) is 11.6. The van der Waals surface area contributed by atoms with Crippen LogP contribution < -0.4 is 10.1 Å². The highest BCUT2D eigenvalue weighted by atomic mass is 16.5. The summed E-state index contributed by atoms with van der Waals surface area (Å²) in [5.74, 6) is -0.0432. The second-order valence-corrected chi connectivity index (χ2v) is 5.39. The number of aliphatic carboxylic acids is 1. The molecule has 0 saturated heterocycles. The third kappa shape index (κ3) is 3.69. The average molecular weight is 306 g/mol. The molecule has 1 aliphatic rings. The molecule has 22 heavy (non-hydrogen) atoms. The largest absolute Gasteiger partial charge is 0.493 e. The van der Waals surface area contributed by atoms with E-state index in [9.17, 15) is 9.59 Å². The molecule has 0 radical (unpaired) electrons. The summed E-state index contributed by atoms with van der Waals surface area (Å²) in [6.07, 6.45) is 1.52. The zero-order valence-electron chi connectivity index (χ0n) is 13.0. The van der Waals surface area contributed by atoms with Gasteiger partial charge in [0.15, 0.2) is 0 Å². The Balaban J connectivity index is 2.06. The van der Waals surface area contributed by atoms with Crippen LogP contribution in [0.2, 0.25) is 0 Å².